The van der Waals surface area contributed by atoms with Gasteiger partial charge >= 0.3 is 0 Å². The van der Waals surface area contributed by atoms with Crippen molar-refractivity contribution in [1.29, 1.82) is 0 Å². The lowest BCUT2D eigenvalue weighted by atomic mass is 9.95. The van der Waals surface area contributed by atoms with E-state index >= 15 is 0 Å². The van der Waals surface area contributed by atoms with Crippen LogP contribution in [-0.4, -0.2) is 14.6 Å². The highest BCUT2D eigenvalue weighted by molar-refractivity contribution is 9.09. The van der Waals surface area contributed by atoms with Gasteiger partial charge in [0.05, 0.1) is 16.4 Å². The van der Waals surface area contributed by atoms with Crippen LogP contribution in [0.5, 0.6) is 0 Å². The average molecular weight is 320 g/mol. The lowest BCUT2D eigenvalue weighted by molar-refractivity contribution is 0.450. The first-order valence-electron chi connectivity index (χ1n) is 6.40. The Kier molecular flexibility index (Phi) is 4.53. The van der Waals surface area contributed by atoms with Crippen molar-refractivity contribution in [2.45, 2.75) is 50.3 Å². The van der Waals surface area contributed by atoms with Crippen molar-refractivity contribution in [3.8, 4) is 0 Å². The number of hydrogen-bond acceptors (Lipinski definition) is 1. The summed E-state index contributed by atoms with van der Waals surface area (Å²) >= 11 is 10.1. The summed E-state index contributed by atoms with van der Waals surface area (Å²) in [5, 5.41) is 5.26. The number of hydrogen-bond donors (Lipinski definition) is 0. The highest BCUT2D eigenvalue weighted by Crippen LogP contribution is 2.32. The first-order chi connectivity index (χ1) is 8.08. The minimum absolute atomic E-state index is 0.683. The van der Waals surface area contributed by atoms with Gasteiger partial charge in [0.15, 0.2) is 0 Å². The highest BCUT2D eigenvalue weighted by Gasteiger charge is 2.21. The third-order valence-corrected chi connectivity index (χ3v) is 5.04. The molecule has 2 nitrogen and oxygen atoms in total. The molecule has 0 aliphatic heterocycles. The van der Waals surface area contributed by atoms with Crippen molar-refractivity contribution in [1.82, 2.24) is 9.78 Å². The highest BCUT2D eigenvalue weighted by atomic mass is 79.9. The van der Waals surface area contributed by atoms with E-state index < -0.39 is 0 Å². The number of halogens is 2. The van der Waals surface area contributed by atoms with Crippen molar-refractivity contribution < 1.29 is 0 Å². The van der Waals surface area contributed by atoms with E-state index in [1.54, 1.807) is 0 Å². The van der Waals surface area contributed by atoms with Crippen molar-refractivity contribution in [2.75, 3.05) is 0 Å². The second-order valence-electron chi connectivity index (χ2n) is 5.16. The fourth-order valence-electron chi connectivity index (χ4n) is 2.76. The van der Waals surface area contributed by atoms with E-state index in [1.165, 1.54) is 37.8 Å². The first kappa shape index (κ1) is 13.4. The largest absolute Gasteiger partial charge is 0.271 e. The number of alkyl halides is 1. The summed E-state index contributed by atoms with van der Waals surface area (Å²) in [6.07, 6.45) is 7.67. The van der Waals surface area contributed by atoms with Crippen LogP contribution in [0.1, 0.15) is 43.5 Å². The molecule has 1 saturated carbocycles. The summed E-state index contributed by atoms with van der Waals surface area (Å²) in [7, 11) is 2.00. The lowest BCUT2D eigenvalue weighted by Crippen LogP contribution is -2.11. The Morgan fingerprint density at radius 2 is 2.12 bits per heavy atom. The van der Waals surface area contributed by atoms with Crippen LogP contribution in [0, 0.1) is 12.8 Å². The monoisotopic (exact) mass is 318 g/mol. The first-order valence-corrected chi connectivity index (χ1v) is 7.69. The maximum absolute atomic E-state index is 6.32. The summed E-state index contributed by atoms with van der Waals surface area (Å²) in [6.45, 7) is 1.98. The van der Waals surface area contributed by atoms with E-state index in [-0.39, 0.29) is 0 Å². The number of rotatable bonds is 2. The smallest absolute Gasteiger partial charge is 0.0847 e. The van der Waals surface area contributed by atoms with Gasteiger partial charge in [-0.2, -0.15) is 5.10 Å². The van der Waals surface area contributed by atoms with Crippen LogP contribution < -0.4 is 0 Å². The molecule has 2 unspecified atom stereocenters. The Morgan fingerprint density at radius 1 is 1.41 bits per heavy atom. The fraction of sp³-hybridized carbons (Fsp3) is 0.769. The van der Waals surface area contributed by atoms with Crippen molar-refractivity contribution >= 4 is 27.5 Å². The van der Waals surface area contributed by atoms with Crippen LogP contribution in [-0.2, 0) is 13.5 Å². The van der Waals surface area contributed by atoms with E-state index in [9.17, 15) is 0 Å². The molecular formula is C13H20BrClN2. The quantitative estimate of drug-likeness (QED) is 0.588. The molecule has 1 aliphatic carbocycles. The summed E-state index contributed by atoms with van der Waals surface area (Å²) in [5.41, 5.74) is 2.16. The van der Waals surface area contributed by atoms with Crippen LogP contribution in [0.4, 0.5) is 0 Å². The molecule has 1 fully saturated rings. The van der Waals surface area contributed by atoms with Crippen LogP contribution in [0.25, 0.3) is 0 Å². The molecular weight excluding hydrogens is 300 g/mol. The SMILES string of the molecule is Cc1nn(C)c(CC2CCCCC(Br)C2)c1Cl. The van der Waals surface area contributed by atoms with Gasteiger partial charge in [0.1, 0.15) is 0 Å². The number of aryl methyl sites for hydroxylation is 2. The van der Waals surface area contributed by atoms with Gasteiger partial charge in [0.25, 0.3) is 0 Å². The molecule has 2 rings (SSSR count). The summed E-state index contributed by atoms with van der Waals surface area (Å²) in [4.78, 5) is 0.683. The molecule has 1 aromatic heterocycles. The minimum atomic E-state index is 0.683. The van der Waals surface area contributed by atoms with Crippen LogP contribution in [0.15, 0.2) is 0 Å². The molecule has 0 spiro atoms. The molecule has 4 heteroatoms. The predicted molar refractivity (Wildman–Crippen MR) is 75.9 cm³/mol. The van der Waals surface area contributed by atoms with Crippen molar-refractivity contribution in [3.63, 3.8) is 0 Å². The Labute approximate surface area is 117 Å². The topological polar surface area (TPSA) is 17.8 Å². The summed E-state index contributed by atoms with van der Waals surface area (Å²) in [6, 6.07) is 0. The molecule has 0 bridgehead atoms. The lowest BCUT2D eigenvalue weighted by Gasteiger charge is -2.16. The second kappa shape index (κ2) is 5.75. The molecule has 1 aliphatic rings. The maximum atomic E-state index is 6.32. The van der Waals surface area contributed by atoms with Gasteiger partial charge in [-0.15, -0.1) is 0 Å². The van der Waals surface area contributed by atoms with Gasteiger partial charge in [0, 0.05) is 11.9 Å². The Hall–Kier alpha value is -0.0200. The van der Waals surface area contributed by atoms with Gasteiger partial charge in [-0.1, -0.05) is 46.8 Å². The molecule has 0 radical (unpaired) electrons. The molecule has 17 heavy (non-hydrogen) atoms. The third kappa shape index (κ3) is 3.25. The second-order valence-corrected chi connectivity index (χ2v) is 6.83. The van der Waals surface area contributed by atoms with Gasteiger partial charge in [-0.05, 0) is 32.1 Å². The molecule has 0 N–H and O–H groups in total. The Bertz CT molecular complexity index is 389. The van der Waals surface area contributed by atoms with Gasteiger partial charge in [-0.3, -0.25) is 4.68 Å². The van der Waals surface area contributed by atoms with E-state index in [4.69, 9.17) is 11.6 Å². The molecule has 1 heterocycles. The van der Waals surface area contributed by atoms with Crippen LogP contribution >= 0.6 is 27.5 Å². The Morgan fingerprint density at radius 3 is 2.76 bits per heavy atom. The zero-order valence-electron chi connectivity index (χ0n) is 10.5. The van der Waals surface area contributed by atoms with Gasteiger partial charge in [0.2, 0.25) is 0 Å². The third-order valence-electron chi connectivity index (χ3n) is 3.71. The maximum Gasteiger partial charge on any atom is 0.0847 e. The molecule has 2 atom stereocenters. The normalized spacial score (nSPS) is 25.9. The van der Waals surface area contributed by atoms with Crippen molar-refractivity contribution in [3.05, 3.63) is 16.4 Å². The minimum Gasteiger partial charge on any atom is -0.271 e. The van der Waals surface area contributed by atoms with Crippen LogP contribution in [0.3, 0.4) is 0 Å². The van der Waals surface area contributed by atoms with E-state index in [1.807, 2.05) is 18.7 Å². The van der Waals surface area contributed by atoms with E-state index in [0.29, 0.717) is 4.83 Å². The van der Waals surface area contributed by atoms with E-state index in [0.717, 1.165) is 23.1 Å². The Balaban J connectivity index is 2.08. The molecule has 0 amide bonds. The molecule has 0 aromatic carbocycles. The number of nitrogens with zero attached hydrogens (tertiary/aromatic N) is 2. The van der Waals surface area contributed by atoms with Crippen molar-refractivity contribution in [2.24, 2.45) is 13.0 Å². The predicted octanol–water partition coefficient (Wildman–Crippen LogP) is 4.27. The number of aromatic nitrogens is 2. The standard InChI is InChI=1S/C13H20BrClN2/c1-9-13(15)12(17(2)16-9)8-10-5-3-4-6-11(14)7-10/h10-11H,3-8H2,1-2H3. The average Bonchev–Trinajstić information content (AvgIpc) is 2.46. The zero-order chi connectivity index (χ0) is 12.4. The molecule has 0 saturated heterocycles. The van der Waals surface area contributed by atoms with Gasteiger partial charge in [-0.25, -0.2) is 0 Å². The molecule has 1 aromatic rings. The van der Waals surface area contributed by atoms with E-state index in [2.05, 4.69) is 21.0 Å². The summed E-state index contributed by atoms with van der Waals surface area (Å²) < 4.78 is 1.95. The van der Waals surface area contributed by atoms with Crippen LogP contribution in [0.2, 0.25) is 5.02 Å². The zero-order valence-corrected chi connectivity index (χ0v) is 12.9. The van der Waals surface area contributed by atoms with Gasteiger partial charge < -0.3 is 0 Å². The fourth-order valence-corrected chi connectivity index (χ4v) is 3.85. The summed E-state index contributed by atoms with van der Waals surface area (Å²) in [5.74, 6) is 0.745. The molecule has 96 valence electrons.